The van der Waals surface area contributed by atoms with Crippen molar-refractivity contribution < 1.29 is 17.9 Å². The van der Waals surface area contributed by atoms with Gasteiger partial charge in [0.25, 0.3) is 0 Å². The molecule has 3 atom stereocenters. The van der Waals surface area contributed by atoms with Gasteiger partial charge in [0.2, 0.25) is 0 Å². The van der Waals surface area contributed by atoms with Crippen LogP contribution in [-0.4, -0.2) is 56.5 Å². The van der Waals surface area contributed by atoms with Gasteiger partial charge in [0.05, 0.1) is 0 Å². The van der Waals surface area contributed by atoms with E-state index < -0.39 is 12.8 Å². The molecule has 6 heteroatoms. The molecule has 2 fully saturated rings. The molecule has 0 radical (unpaired) electrons. The number of alkyl halides is 3. The highest BCUT2D eigenvalue weighted by Gasteiger charge is 2.42. The summed E-state index contributed by atoms with van der Waals surface area (Å²) < 4.78 is 40.4. The molecular weight excluding hydrogens is 257 g/mol. The predicted octanol–water partition coefficient (Wildman–Crippen LogP) is 1.89. The standard InChI is InChI=1S/C13H23F3N2O/c1-2-12-11-7-17-6-10(11)8-18(12)4-3-5-19-9-13(14,15)16/h10-12,17H,2-9H2,1H3. The second kappa shape index (κ2) is 6.41. The molecule has 0 amide bonds. The first kappa shape index (κ1) is 15.1. The van der Waals surface area contributed by atoms with E-state index in [1.54, 1.807) is 0 Å². The largest absolute Gasteiger partial charge is 0.411 e. The van der Waals surface area contributed by atoms with E-state index in [2.05, 4.69) is 21.9 Å². The average Bonchev–Trinajstić information content (AvgIpc) is 2.86. The second-order valence-corrected chi connectivity index (χ2v) is 5.57. The van der Waals surface area contributed by atoms with Gasteiger partial charge in [-0.2, -0.15) is 13.2 Å². The highest BCUT2D eigenvalue weighted by molar-refractivity contribution is 4.97. The first-order valence-electron chi connectivity index (χ1n) is 7.10. The molecule has 1 N–H and O–H groups in total. The zero-order valence-corrected chi connectivity index (χ0v) is 11.4. The van der Waals surface area contributed by atoms with E-state index in [-0.39, 0.29) is 6.61 Å². The fourth-order valence-corrected chi connectivity index (χ4v) is 3.49. The number of rotatable bonds is 6. The van der Waals surface area contributed by atoms with Crippen molar-refractivity contribution in [3.05, 3.63) is 0 Å². The van der Waals surface area contributed by atoms with Crippen LogP contribution in [0.1, 0.15) is 19.8 Å². The maximum atomic E-state index is 11.9. The van der Waals surface area contributed by atoms with E-state index in [0.717, 1.165) is 44.4 Å². The molecule has 0 aromatic rings. The summed E-state index contributed by atoms with van der Waals surface area (Å²) in [5, 5.41) is 3.43. The van der Waals surface area contributed by atoms with Crippen LogP contribution in [0.2, 0.25) is 0 Å². The van der Waals surface area contributed by atoms with Crippen LogP contribution < -0.4 is 5.32 Å². The first-order valence-corrected chi connectivity index (χ1v) is 7.10. The molecule has 0 aromatic carbocycles. The number of halogens is 3. The van der Waals surface area contributed by atoms with Crippen LogP contribution >= 0.6 is 0 Å². The monoisotopic (exact) mass is 280 g/mol. The summed E-state index contributed by atoms with van der Waals surface area (Å²) in [6.07, 6.45) is -2.41. The molecule has 19 heavy (non-hydrogen) atoms. The van der Waals surface area contributed by atoms with Crippen LogP contribution in [0, 0.1) is 11.8 Å². The number of fused-ring (bicyclic) bond motifs is 1. The Morgan fingerprint density at radius 1 is 1.32 bits per heavy atom. The van der Waals surface area contributed by atoms with Crippen LogP contribution in [0.5, 0.6) is 0 Å². The third-order valence-corrected chi connectivity index (χ3v) is 4.24. The summed E-state index contributed by atoms with van der Waals surface area (Å²) >= 11 is 0. The zero-order valence-electron chi connectivity index (χ0n) is 11.4. The molecule has 0 aliphatic carbocycles. The lowest BCUT2D eigenvalue weighted by atomic mass is 9.93. The van der Waals surface area contributed by atoms with Crippen LogP contribution in [0.15, 0.2) is 0 Å². The Morgan fingerprint density at radius 2 is 2.11 bits per heavy atom. The van der Waals surface area contributed by atoms with Gasteiger partial charge in [-0.25, -0.2) is 0 Å². The molecule has 0 saturated carbocycles. The van der Waals surface area contributed by atoms with Crippen LogP contribution in [0.4, 0.5) is 13.2 Å². The molecule has 2 rings (SSSR count). The van der Waals surface area contributed by atoms with Gasteiger partial charge < -0.3 is 10.1 Å². The Morgan fingerprint density at radius 3 is 2.79 bits per heavy atom. The summed E-state index contributed by atoms with van der Waals surface area (Å²) in [7, 11) is 0. The fraction of sp³-hybridized carbons (Fsp3) is 1.00. The number of nitrogens with zero attached hydrogens (tertiary/aromatic N) is 1. The molecular formula is C13H23F3N2O. The molecule has 112 valence electrons. The molecule has 2 aliphatic rings. The van der Waals surface area contributed by atoms with Gasteiger partial charge in [-0.15, -0.1) is 0 Å². The number of nitrogens with one attached hydrogen (secondary N) is 1. The number of hydrogen-bond donors (Lipinski definition) is 1. The summed E-state index contributed by atoms with van der Waals surface area (Å²) in [6.45, 7) is 5.36. The van der Waals surface area contributed by atoms with Crippen molar-refractivity contribution >= 4 is 0 Å². The van der Waals surface area contributed by atoms with E-state index in [4.69, 9.17) is 0 Å². The van der Waals surface area contributed by atoms with Gasteiger partial charge in [0, 0.05) is 25.7 Å². The van der Waals surface area contributed by atoms with E-state index in [0.29, 0.717) is 12.5 Å². The average molecular weight is 280 g/mol. The third kappa shape index (κ3) is 4.07. The van der Waals surface area contributed by atoms with Crippen molar-refractivity contribution in [2.75, 3.05) is 39.4 Å². The first-order chi connectivity index (χ1) is 9.01. The molecule has 0 spiro atoms. The van der Waals surface area contributed by atoms with E-state index in [1.165, 1.54) is 0 Å². The summed E-state index contributed by atoms with van der Waals surface area (Å²) in [6, 6.07) is 0.586. The molecule has 3 nitrogen and oxygen atoms in total. The number of likely N-dealkylation sites (tertiary alicyclic amines) is 1. The van der Waals surface area contributed by atoms with Gasteiger partial charge in [0.1, 0.15) is 6.61 Å². The SMILES string of the molecule is CCC1C2CNCC2CN1CCCOCC(F)(F)F. The molecule has 2 aliphatic heterocycles. The second-order valence-electron chi connectivity index (χ2n) is 5.57. The van der Waals surface area contributed by atoms with Crippen LogP contribution in [0.3, 0.4) is 0 Å². The van der Waals surface area contributed by atoms with E-state index >= 15 is 0 Å². The van der Waals surface area contributed by atoms with Crippen molar-refractivity contribution in [1.29, 1.82) is 0 Å². The molecule has 0 bridgehead atoms. The lowest BCUT2D eigenvalue weighted by Gasteiger charge is -2.26. The molecule has 2 heterocycles. The molecule has 0 aromatic heterocycles. The highest BCUT2D eigenvalue weighted by atomic mass is 19.4. The highest BCUT2D eigenvalue weighted by Crippen LogP contribution is 2.34. The Kier molecular flexibility index (Phi) is 5.09. The van der Waals surface area contributed by atoms with E-state index in [1.807, 2.05) is 0 Å². The van der Waals surface area contributed by atoms with Gasteiger partial charge in [-0.3, -0.25) is 4.90 Å². The number of ether oxygens (including phenoxy) is 1. The fourth-order valence-electron chi connectivity index (χ4n) is 3.49. The van der Waals surface area contributed by atoms with Gasteiger partial charge in [-0.1, -0.05) is 6.92 Å². The summed E-state index contributed by atoms with van der Waals surface area (Å²) in [5.74, 6) is 1.45. The van der Waals surface area contributed by atoms with Crippen molar-refractivity contribution in [2.24, 2.45) is 11.8 Å². The minimum absolute atomic E-state index is 0.194. The topological polar surface area (TPSA) is 24.5 Å². The van der Waals surface area contributed by atoms with Crippen molar-refractivity contribution in [2.45, 2.75) is 32.0 Å². The number of hydrogen-bond acceptors (Lipinski definition) is 3. The van der Waals surface area contributed by atoms with Gasteiger partial charge in [0.15, 0.2) is 0 Å². The van der Waals surface area contributed by atoms with E-state index in [9.17, 15) is 13.2 Å². The minimum Gasteiger partial charge on any atom is -0.372 e. The quantitative estimate of drug-likeness (QED) is 0.752. The Hall–Kier alpha value is -0.330. The smallest absolute Gasteiger partial charge is 0.372 e. The predicted molar refractivity (Wildman–Crippen MR) is 67.0 cm³/mol. The maximum absolute atomic E-state index is 11.9. The Bertz CT molecular complexity index is 286. The zero-order chi connectivity index (χ0) is 13.9. The van der Waals surface area contributed by atoms with Crippen LogP contribution in [-0.2, 0) is 4.74 Å². The van der Waals surface area contributed by atoms with Gasteiger partial charge >= 0.3 is 6.18 Å². The Labute approximate surface area is 112 Å². The van der Waals surface area contributed by atoms with Gasteiger partial charge in [-0.05, 0) is 37.8 Å². The van der Waals surface area contributed by atoms with Crippen molar-refractivity contribution in [3.8, 4) is 0 Å². The third-order valence-electron chi connectivity index (χ3n) is 4.24. The minimum atomic E-state index is -4.21. The lowest BCUT2D eigenvalue weighted by Crippen LogP contribution is -2.36. The van der Waals surface area contributed by atoms with Crippen molar-refractivity contribution in [3.63, 3.8) is 0 Å². The Balaban J connectivity index is 1.66. The van der Waals surface area contributed by atoms with Crippen molar-refractivity contribution in [1.82, 2.24) is 10.2 Å². The normalized spacial score (nSPS) is 31.9. The lowest BCUT2D eigenvalue weighted by molar-refractivity contribution is -0.174. The molecule has 3 unspecified atom stereocenters. The molecule has 2 saturated heterocycles. The summed E-state index contributed by atoms with van der Waals surface area (Å²) in [4.78, 5) is 2.44. The van der Waals surface area contributed by atoms with Crippen LogP contribution in [0.25, 0.3) is 0 Å². The maximum Gasteiger partial charge on any atom is 0.411 e. The summed E-state index contributed by atoms with van der Waals surface area (Å²) in [5.41, 5.74) is 0.